The number of hydrogen-bond acceptors (Lipinski definition) is 4. The molecule has 0 bridgehead atoms. The first-order valence-corrected chi connectivity index (χ1v) is 8.13. The van der Waals surface area contributed by atoms with Gasteiger partial charge in [0.1, 0.15) is 5.76 Å². The number of nitrogens with one attached hydrogen (secondary N) is 1. The Morgan fingerprint density at radius 1 is 1.25 bits per heavy atom. The van der Waals surface area contributed by atoms with Crippen LogP contribution in [0.1, 0.15) is 16.1 Å². The molecule has 0 aliphatic rings. The van der Waals surface area contributed by atoms with Gasteiger partial charge < -0.3 is 9.73 Å². The smallest absolute Gasteiger partial charge is 0.261 e. The number of furan rings is 1. The van der Waals surface area contributed by atoms with Crippen molar-refractivity contribution in [2.45, 2.75) is 11.3 Å². The van der Waals surface area contributed by atoms with Crippen molar-refractivity contribution in [3.63, 3.8) is 0 Å². The molecule has 1 N–H and O–H groups in total. The Morgan fingerprint density at radius 3 is 2.70 bits per heavy atom. The van der Waals surface area contributed by atoms with E-state index in [1.54, 1.807) is 12.3 Å². The molecule has 106 valence electrons. The first-order valence-electron chi connectivity index (χ1n) is 5.82. The summed E-state index contributed by atoms with van der Waals surface area (Å²) in [5.74, 6) is 0.404. The molecule has 5 nitrogen and oxygen atoms in total. The number of halogens is 1. The molecule has 2 rings (SSSR count). The van der Waals surface area contributed by atoms with Gasteiger partial charge in [-0.1, -0.05) is 6.07 Å². The maximum absolute atomic E-state index is 11.9. The van der Waals surface area contributed by atoms with Crippen molar-refractivity contribution < 1.29 is 17.6 Å². The van der Waals surface area contributed by atoms with Crippen molar-refractivity contribution in [1.29, 1.82) is 0 Å². The highest BCUT2D eigenvalue weighted by atomic mass is 35.7. The zero-order chi connectivity index (χ0) is 14.6. The van der Waals surface area contributed by atoms with Gasteiger partial charge in [0.05, 0.1) is 11.2 Å². The van der Waals surface area contributed by atoms with Gasteiger partial charge in [0, 0.05) is 29.2 Å². The van der Waals surface area contributed by atoms with Crippen molar-refractivity contribution in [3.8, 4) is 0 Å². The minimum absolute atomic E-state index is 0.0992. The van der Waals surface area contributed by atoms with Crippen LogP contribution in [0.2, 0.25) is 0 Å². The molecule has 0 atom stereocenters. The molecular weight excluding hydrogens is 302 g/mol. The van der Waals surface area contributed by atoms with Crippen molar-refractivity contribution in [1.82, 2.24) is 5.32 Å². The molecule has 0 saturated carbocycles. The van der Waals surface area contributed by atoms with Crippen LogP contribution in [0.5, 0.6) is 0 Å². The highest BCUT2D eigenvalue weighted by Crippen LogP contribution is 2.16. The highest BCUT2D eigenvalue weighted by molar-refractivity contribution is 8.13. The number of amides is 1. The Bertz CT molecular complexity index is 695. The lowest BCUT2D eigenvalue weighted by atomic mass is 10.2. The SMILES string of the molecule is O=C(NCCc1ccco1)c1cccc(S(=O)(=O)Cl)c1. The minimum atomic E-state index is -3.84. The second kappa shape index (κ2) is 6.11. The fourth-order valence-corrected chi connectivity index (χ4v) is 2.44. The monoisotopic (exact) mass is 313 g/mol. The molecule has 0 fully saturated rings. The molecule has 1 heterocycles. The van der Waals surface area contributed by atoms with Gasteiger partial charge in [0.15, 0.2) is 0 Å². The van der Waals surface area contributed by atoms with E-state index in [1.807, 2.05) is 6.07 Å². The lowest BCUT2D eigenvalue weighted by Crippen LogP contribution is -2.25. The topological polar surface area (TPSA) is 76.4 Å². The molecule has 7 heteroatoms. The number of benzene rings is 1. The van der Waals surface area contributed by atoms with Crippen molar-refractivity contribution in [2.75, 3.05) is 6.54 Å². The zero-order valence-corrected chi connectivity index (χ0v) is 11.9. The molecule has 0 radical (unpaired) electrons. The summed E-state index contributed by atoms with van der Waals surface area (Å²) in [6.45, 7) is 0.393. The number of carbonyl (C=O) groups excluding carboxylic acids is 1. The Labute approximate surface area is 121 Å². The fraction of sp³-hybridized carbons (Fsp3) is 0.154. The Morgan fingerprint density at radius 2 is 2.05 bits per heavy atom. The molecular formula is C13H12ClNO4S. The Balaban J connectivity index is 1.99. The Hall–Kier alpha value is -1.79. The minimum Gasteiger partial charge on any atom is -0.469 e. The van der Waals surface area contributed by atoms with E-state index >= 15 is 0 Å². The van der Waals surface area contributed by atoms with E-state index in [1.165, 1.54) is 24.3 Å². The van der Waals surface area contributed by atoms with Crippen LogP contribution in [0, 0.1) is 0 Å². The molecule has 2 aromatic rings. The van der Waals surface area contributed by atoms with Crippen LogP contribution in [-0.2, 0) is 15.5 Å². The molecule has 0 saturated heterocycles. The third-order valence-electron chi connectivity index (χ3n) is 2.61. The van der Waals surface area contributed by atoms with Gasteiger partial charge >= 0.3 is 0 Å². The molecule has 1 amide bonds. The summed E-state index contributed by atoms with van der Waals surface area (Å²) in [6.07, 6.45) is 2.12. The third kappa shape index (κ3) is 3.85. The first kappa shape index (κ1) is 14.6. The lowest BCUT2D eigenvalue weighted by Gasteiger charge is -2.05. The van der Waals surface area contributed by atoms with E-state index < -0.39 is 9.05 Å². The summed E-state index contributed by atoms with van der Waals surface area (Å²) < 4.78 is 27.5. The van der Waals surface area contributed by atoms with E-state index in [4.69, 9.17) is 15.1 Å². The van der Waals surface area contributed by atoms with Gasteiger partial charge in [0.25, 0.3) is 15.0 Å². The highest BCUT2D eigenvalue weighted by Gasteiger charge is 2.13. The average Bonchev–Trinajstić information content (AvgIpc) is 2.91. The summed E-state index contributed by atoms with van der Waals surface area (Å²) in [7, 11) is 1.40. The largest absolute Gasteiger partial charge is 0.469 e. The molecule has 0 spiro atoms. The van der Waals surface area contributed by atoms with Crippen molar-refractivity contribution in [2.24, 2.45) is 0 Å². The molecule has 1 aromatic carbocycles. The number of carbonyl (C=O) groups is 1. The van der Waals surface area contributed by atoms with Crippen molar-refractivity contribution in [3.05, 3.63) is 54.0 Å². The van der Waals surface area contributed by atoms with Gasteiger partial charge in [-0.25, -0.2) is 8.42 Å². The van der Waals surface area contributed by atoms with Crippen LogP contribution in [0.4, 0.5) is 0 Å². The van der Waals surface area contributed by atoms with Gasteiger partial charge in [-0.3, -0.25) is 4.79 Å². The molecule has 1 aromatic heterocycles. The fourth-order valence-electron chi connectivity index (χ4n) is 1.65. The van der Waals surface area contributed by atoms with Gasteiger partial charge in [0.2, 0.25) is 0 Å². The van der Waals surface area contributed by atoms with Crippen LogP contribution in [-0.4, -0.2) is 20.9 Å². The number of rotatable bonds is 5. The Kier molecular flexibility index (Phi) is 4.46. The van der Waals surface area contributed by atoms with Crippen LogP contribution >= 0.6 is 10.7 Å². The zero-order valence-electron chi connectivity index (χ0n) is 10.4. The van der Waals surface area contributed by atoms with Gasteiger partial charge in [-0.05, 0) is 30.3 Å². The predicted octanol–water partition coefficient (Wildman–Crippen LogP) is 2.18. The average molecular weight is 314 g/mol. The summed E-state index contributed by atoms with van der Waals surface area (Å²) in [4.78, 5) is 11.8. The van der Waals surface area contributed by atoms with E-state index in [0.717, 1.165) is 5.76 Å². The molecule has 0 aliphatic heterocycles. The summed E-state index contributed by atoms with van der Waals surface area (Å²) in [5, 5.41) is 2.68. The standard InChI is InChI=1S/C13H12ClNO4S/c14-20(17,18)12-5-1-3-10(9-12)13(16)15-7-6-11-4-2-8-19-11/h1-5,8-9H,6-7H2,(H,15,16). The second-order valence-corrected chi connectivity index (χ2v) is 6.62. The quantitative estimate of drug-likeness (QED) is 0.858. The van der Waals surface area contributed by atoms with E-state index in [2.05, 4.69) is 5.32 Å². The summed E-state index contributed by atoms with van der Waals surface area (Å²) >= 11 is 0. The summed E-state index contributed by atoms with van der Waals surface area (Å²) in [6, 6.07) is 9.15. The van der Waals surface area contributed by atoms with E-state index in [9.17, 15) is 13.2 Å². The van der Waals surface area contributed by atoms with Crippen LogP contribution in [0.15, 0.2) is 52.0 Å². The third-order valence-corrected chi connectivity index (χ3v) is 3.97. The normalized spacial score (nSPS) is 11.2. The maximum Gasteiger partial charge on any atom is 0.261 e. The van der Waals surface area contributed by atoms with Crippen molar-refractivity contribution >= 4 is 25.6 Å². The summed E-state index contributed by atoms with van der Waals surface area (Å²) in [5.41, 5.74) is 0.242. The van der Waals surface area contributed by atoms with Gasteiger partial charge in [-0.15, -0.1) is 0 Å². The lowest BCUT2D eigenvalue weighted by molar-refractivity contribution is 0.0953. The molecule has 0 unspecified atom stereocenters. The maximum atomic E-state index is 11.9. The van der Waals surface area contributed by atoms with E-state index in [-0.39, 0.29) is 16.4 Å². The number of hydrogen-bond donors (Lipinski definition) is 1. The second-order valence-electron chi connectivity index (χ2n) is 4.05. The van der Waals surface area contributed by atoms with E-state index in [0.29, 0.717) is 13.0 Å². The molecule has 0 aliphatic carbocycles. The first-order chi connectivity index (χ1) is 9.47. The predicted molar refractivity (Wildman–Crippen MR) is 74.2 cm³/mol. The van der Waals surface area contributed by atoms with Crippen LogP contribution in [0.3, 0.4) is 0 Å². The van der Waals surface area contributed by atoms with Crippen LogP contribution < -0.4 is 5.32 Å². The van der Waals surface area contributed by atoms with Crippen LogP contribution in [0.25, 0.3) is 0 Å². The van der Waals surface area contributed by atoms with Gasteiger partial charge in [-0.2, -0.15) is 0 Å². The molecule has 20 heavy (non-hydrogen) atoms.